The molecule has 1 saturated heterocycles. The molecule has 1 aromatic rings. The largest absolute Gasteiger partial charge is 0.480 e. The number of aliphatic carboxylic acids is 1. The van der Waals surface area contributed by atoms with Crippen molar-refractivity contribution in [2.24, 2.45) is 0 Å². The van der Waals surface area contributed by atoms with Gasteiger partial charge < -0.3 is 19.8 Å². The Morgan fingerprint density at radius 1 is 1.60 bits per heavy atom. The van der Waals surface area contributed by atoms with E-state index in [0.717, 1.165) is 24.3 Å². The number of carbonyl (C=O) groups is 2. The molecule has 8 nitrogen and oxygen atoms in total. The van der Waals surface area contributed by atoms with Gasteiger partial charge in [-0.15, -0.1) is 6.58 Å². The van der Waals surface area contributed by atoms with Gasteiger partial charge in [-0.2, -0.15) is 4.98 Å². The van der Waals surface area contributed by atoms with Crippen molar-refractivity contribution in [3.63, 3.8) is 0 Å². The number of hydrogen-bond acceptors (Lipinski definition) is 6. The van der Waals surface area contributed by atoms with Gasteiger partial charge in [-0.3, -0.25) is 9.59 Å². The van der Waals surface area contributed by atoms with E-state index in [1.54, 1.807) is 0 Å². The quantitative estimate of drug-likeness (QED) is 0.717. The van der Waals surface area contributed by atoms with Crippen LogP contribution in [-0.2, 0) is 4.79 Å². The number of rotatable bonds is 6. The number of carboxylic acids is 1. The molecule has 1 amide bonds. The molecule has 0 spiro atoms. The summed E-state index contributed by atoms with van der Waals surface area (Å²) in [5, 5.41) is 15.6. The van der Waals surface area contributed by atoms with Gasteiger partial charge in [0.15, 0.2) is 0 Å². The first-order chi connectivity index (χ1) is 9.61. The standard InChI is InChI=1S/C12H16N4O4/c1-2-6-16(7-9(17)18)12(19)10-14-11(20-15-10)8-4-3-5-13-8/h2,8,13H,1,3-7H2,(H,17,18). The summed E-state index contributed by atoms with van der Waals surface area (Å²) in [7, 11) is 0. The van der Waals surface area contributed by atoms with E-state index < -0.39 is 18.4 Å². The highest BCUT2D eigenvalue weighted by atomic mass is 16.5. The third kappa shape index (κ3) is 3.21. The molecule has 2 N–H and O–H groups in total. The number of nitrogens with one attached hydrogen (secondary N) is 1. The molecule has 2 heterocycles. The van der Waals surface area contributed by atoms with Crippen LogP contribution in [0, 0.1) is 0 Å². The molecular weight excluding hydrogens is 264 g/mol. The van der Waals surface area contributed by atoms with E-state index in [1.165, 1.54) is 6.08 Å². The maximum Gasteiger partial charge on any atom is 0.323 e. The Bertz CT molecular complexity index is 507. The molecule has 1 aliphatic rings. The second-order valence-corrected chi connectivity index (χ2v) is 4.47. The summed E-state index contributed by atoms with van der Waals surface area (Å²) in [6, 6.07) is -0.0311. The molecule has 20 heavy (non-hydrogen) atoms. The topological polar surface area (TPSA) is 109 Å². The Labute approximate surface area is 115 Å². The Morgan fingerprint density at radius 2 is 2.40 bits per heavy atom. The van der Waals surface area contributed by atoms with Crippen molar-refractivity contribution in [1.29, 1.82) is 0 Å². The van der Waals surface area contributed by atoms with Crippen LogP contribution in [0.5, 0.6) is 0 Å². The van der Waals surface area contributed by atoms with Crippen LogP contribution in [0.3, 0.4) is 0 Å². The fourth-order valence-corrected chi connectivity index (χ4v) is 2.04. The summed E-state index contributed by atoms with van der Waals surface area (Å²) in [6.07, 6.45) is 3.33. The zero-order valence-corrected chi connectivity index (χ0v) is 10.9. The highest BCUT2D eigenvalue weighted by Gasteiger charge is 2.27. The lowest BCUT2D eigenvalue weighted by atomic mass is 10.2. The van der Waals surface area contributed by atoms with Gasteiger partial charge in [-0.05, 0) is 19.4 Å². The van der Waals surface area contributed by atoms with E-state index in [9.17, 15) is 9.59 Å². The van der Waals surface area contributed by atoms with E-state index >= 15 is 0 Å². The summed E-state index contributed by atoms with van der Waals surface area (Å²) in [5.41, 5.74) is 0. The lowest BCUT2D eigenvalue weighted by Crippen LogP contribution is -2.36. The third-order valence-electron chi connectivity index (χ3n) is 2.95. The van der Waals surface area contributed by atoms with Crippen molar-refractivity contribution in [3.8, 4) is 0 Å². The van der Waals surface area contributed by atoms with Gasteiger partial charge in [0.05, 0.1) is 6.04 Å². The highest BCUT2D eigenvalue weighted by Crippen LogP contribution is 2.21. The zero-order valence-electron chi connectivity index (χ0n) is 10.9. The second-order valence-electron chi connectivity index (χ2n) is 4.47. The average Bonchev–Trinajstić information content (AvgIpc) is 3.07. The smallest absolute Gasteiger partial charge is 0.323 e. The van der Waals surface area contributed by atoms with E-state index in [1.807, 2.05) is 0 Å². The molecule has 108 valence electrons. The van der Waals surface area contributed by atoms with Crippen molar-refractivity contribution >= 4 is 11.9 Å². The molecule has 0 saturated carbocycles. The van der Waals surface area contributed by atoms with Crippen molar-refractivity contribution in [2.75, 3.05) is 19.6 Å². The Morgan fingerprint density at radius 3 is 3.00 bits per heavy atom. The fraction of sp³-hybridized carbons (Fsp3) is 0.500. The maximum absolute atomic E-state index is 12.1. The SMILES string of the molecule is C=CCN(CC(=O)O)C(=O)c1noc(C2CCCN2)n1. The van der Waals surface area contributed by atoms with Crippen LogP contribution in [0.25, 0.3) is 0 Å². The number of amides is 1. The number of hydrogen-bond donors (Lipinski definition) is 2. The molecule has 1 fully saturated rings. The Balaban J connectivity index is 2.10. The van der Waals surface area contributed by atoms with Crippen LogP contribution in [0.1, 0.15) is 35.4 Å². The summed E-state index contributed by atoms with van der Waals surface area (Å²) >= 11 is 0. The van der Waals surface area contributed by atoms with E-state index in [4.69, 9.17) is 9.63 Å². The molecule has 0 radical (unpaired) electrons. The molecule has 0 aliphatic carbocycles. The molecular formula is C12H16N4O4. The van der Waals surface area contributed by atoms with Crippen molar-refractivity contribution in [1.82, 2.24) is 20.4 Å². The predicted octanol–water partition coefficient (Wildman–Crippen LogP) is 0.207. The minimum atomic E-state index is -1.11. The van der Waals surface area contributed by atoms with Crippen LogP contribution >= 0.6 is 0 Å². The van der Waals surface area contributed by atoms with Gasteiger partial charge in [-0.1, -0.05) is 11.2 Å². The highest BCUT2D eigenvalue weighted by molar-refractivity contribution is 5.92. The molecule has 0 bridgehead atoms. The minimum Gasteiger partial charge on any atom is -0.480 e. The lowest BCUT2D eigenvalue weighted by Gasteiger charge is -2.16. The number of carboxylic acid groups (broad SMARTS) is 1. The molecule has 1 aromatic heterocycles. The predicted molar refractivity (Wildman–Crippen MR) is 68.0 cm³/mol. The summed E-state index contributed by atoms with van der Waals surface area (Å²) in [5.74, 6) is -1.46. The molecule has 0 aromatic carbocycles. The lowest BCUT2D eigenvalue weighted by molar-refractivity contribution is -0.137. The Kier molecular flexibility index (Phi) is 4.46. The van der Waals surface area contributed by atoms with Crippen LogP contribution in [0.15, 0.2) is 17.2 Å². The normalized spacial score (nSPS) is 17.9. The van der Waals surface area contributed by atoms with E-state index in [2.05, 4.69) is 22.0 Å². The molecule has 2 rings (SSSR count). The van der Waals surface area contributed by atoms with Crippen LogP contribution in [-0.4, -0.2) is 51.7 Å². The molecule has 8 heteroatoms. The van der Waals surface area contributed by atoms with Gasteiger partial charge in [0.1, 0.15) is 6.54 Å². The van der Waals surface area contributed by atoms with E-state index in [0.29, 0.717) is 5.89 Å². The minimum absolute atomic E-state index is 0.0311. The first-order valence-electron chi connectivity index (χ1n) is 6.30. The number of aromatic nitrogens is 2. The summed E-state index contributed by atoms with van der Waals surface area (Å²) in [4.78, 5) is 28.0. The van der Waals surface area contributed by atoms with Crippen LogP contribution in [0.2, 0.25) is 0 Å². The zero-order chi connectivity index (χ0) is 14.5. The van der Waals surface area contributed by atoms with Crippen LogP contribution in [0.4, 0.5) is 0 Å². The van der Waals surface area contributed by atoms with Gasteiger partial charge >= 0.3 is 5.97 Å². The molecule has 1 unspecified atom stereocenters. The number of nitrogens with zero attached hydrogens (tertiary/aromatic N) is 3. The Hall–Kier alpha value is -2.22. The van der Waals surface area contributed by atoms with Crippen LogP contribution < -0.4 is 5.32 Å². The van der Waals surface area contributed by atoms with Crippen molar-refractivity contribution < 1.29 is 19.2 Å². The average molecular weight is 280 g/mol. The monoisotopic (exact) mass is 280 g/mol. The second kappa shape index (κ2) is 6.29. The van der Waals surface area contributed by atoms with Gasteiger partial charge in [0.25, 0.3) is 11.7 Å². The summed E-state index contributed by atoms with van der Waals surface area (Å²) in [6.45, 7) is 4.04. The third-order valence-corrected chi connectivity index (χ3v) is 2.95. The van der Waals surface area contributed by atoms with Gasteiger partial charge in [-0.25, -0.2) is 0 Å². The summed E-state index contributed by atoms with van der Waals surface area (Å²) < 4.78 is 5.06. The fourth-order valence-electron chi connectivity index (χ4n) is 2.04. The van der Waals surface area contributed by atoms with E-state index in [-0.39, 0.29) is 18.4 Å². The first kappa shape index (κ1) is 14.2. The van der Waals surface area contributed by atoms with Gasteiger partial charge in [0.2, 0.25) is 5.89 Å². The number of carbonyl (C=O) groups excluding carboxylic acids is 1. The van der Waals surface area contributed by atoms with Gasteiger partial charge in [0, 0.05) is 6.54 Å². The molecule has 1 aliphatic heterocycles. The molecule has 1 atom stereocenters. The van der Waals surface area contributed by atoms with Crippen molar-refractivity contribution in [3.05, 3.63) is 24.4 Å². The van der Waals surface area contributed by atoms with Crippen molar-refractivity contribution in [2.45, 2.75) is 18.9 Å². The maximum atomic E-state index is 12.1. The first-order valence-corrected chi connectivity index (χ1v) is 6.30.